The van der Waals surface area contributed by atoms with Crippen molar-refractivity contribution in [2.45, 2.75) is 58.9 Å². The van der Waals surface area contributed by atoms with Gasteiger partial charge in [-0.3, -0.25) is 4.90 Å². The van der Waals surface area contributed by atoms with Crippen LogP contribution in [0.4, 0.5) is 0 Å². The van der Waals surface area contributed by atoms with Gasteiger partial charge in [0.1, 0.15) is 0 Å². The second-order valence-corrected chi connectivity index (χ2v) is 7.50. The number of hydrogen-bond donors (Lipinski definition) is 1. The molecule has 1 saturated heterocycles. The molecule has 1 heterocycles. The van der Waals surface area contributed by atoms with Gasteiger partial charge in [-0.05, 0) is 37.5 Å². The van der Waals surface area contributed by atoms with E-state index in [1.165, 1.54) is 45.2 Å². The lowest BCUT2D eigenvalue weighted by molar-refractivity contribution is 0.0336. The van der Waals surface area contributed by atoms with Gasteiger partial charge >= 0.3 is 0 Å². The lowest BCUT2D eigenvalue weighted by atomic mass is 9.78. The summed E-state index contributed by atoms with van der Waals surface area (Å²) in [6.07, 6.45) is 7.13. The lowest BCUT2D eigenvalue weighted by Crippen LogP contribution is -2.46. The zero-order valence-electron chi connectivity index (χ0n) is 13.8. The molecule has 3 heteroatoms. The molecule has 1 N–H and O–H groups in total. The van der Waals surface area contributed by atoms with E-state index in [2.05, 4.69) is 31.0 Å². The van der Waals surface area contributed by atoms with Crippen LogP contribution in [0.15, 0.2) is 0 Å². The summed E-state index contributed by atoms with van der Waals surface area (Å²) in [5.41, 5.74) is 0.591. The van der Waals surface area contributed by atoms with Crippen molar-refractivity contribution in [3.8, 4) is 0 Å². The molecule has 3 nitrogen and oxygen atoms in total. The molecule has 2 aliphatic rings. The maximum absolute atomic E-state index is 5.42. The Morgan fingerprint density at radius 3 is 2.35 bits per heavy atom. The van der Waals surface area contributed by atoms with Gasteiger partial charge in [0, 0.05) is 32.2 Å². The Bertz CT molecular complexity index is 268. The van der Waals surface area contributed by atoms with E-state index >= 15 is 0 Å². The molecular weight excluding hydrogens is 248 g/mol. The summed E-state index contributed by atoms with van der Waals surface area (Å²) in [6.45, 7) is 13.5. The third-order valence-electron chi connectivity index (χ3n) is 4.97. The summed E-state index contributed by atoms with van der Waals surface area (Å²) >= 11 is 0. The summed E-state index contributed by atoms with van der Waals surface area (Å²) in [4.78, 5) is 2.53. The number of ether oxygens (including phenoxy) is 1. The second-order valence-electron chi connectivity index (χ2n) is 7.50. The monoisotopic (exact) mass is 282 g/mol. The third-order valence-corrected chi connectivity index (χ3v) is 4.97. The van der Waals surface area contributed by atoms with Crippen LogP contribution in [0.2, 0.25) is 0 Å². The SMILES string of the molecule is CC(C)CC1(CNC(C)CN2CCOCC2)CCCC1. The highest BCUT2D eigenvalue weighted by Gasteiger charge is 2.34. The molecule has 0 amide bonds. The predicted molar refractivity (Wildman–Crippen MR) is 85.1 cm³/mol. The molecule has 0 aromatic carbocycles. The van der Waals surface area contributed by atoms with Gasteiger partial charge in [-0.2, -0.15) is 0 Å². The Labute approximate surface area is 125 Å². The molecule has 118 valence electrons. The van der Waals surface area contributed by atoms with Crippen LogP contribution < -0.4 is 5.32 Å². The Morgan fingerprint density at radius 2 is 1.75 bits per heavy atom. The third kappa shape index (κ3) is 5.01. The normalized spacial score (nSPS) is 25.2. The number of morpholine rings is 1. The minimum absolute atomic E-state index is 0.591. The van der Waals surface area contributed by atoms with E-state index in [0.717, 1.165) is 32.2 Å². The molecule has 0 aromatic heterocycles. The number of hydrogen-bond acceptors (Lipinski definition) is 3. The van der Waals surface area contributed by atoms with Crippen LogP contribution >= 0.6 is 0 Å². The lowest BCUT2D eigenvalue weighted by Gasteiger charge is -2.34. The van der Waals surface area contributed by atoms with Gasteiger partial charge in [0.05, 0.1) is 13.2 Å². The van der Waals surface area contributed by atoms with Gasteiger partial charge in [-0.1, -0.05) is 26.7 Å². The van der Waals surface area contributed by atoms with Crippen molar-refractivity contribution in [3.05, 3.63) is 0 Å². The Balaban J connectivity index is 1.73. The molecule has 2 rings (SSSR count). The van der Waals surface area contributed by atoms with E-state index in [0.29, 0.717) is 11.5 Å². The van der Waals surface area contributed by atoms with Crippen molar-refractivity contribution in [1.82, 2.24) is 10.2 Å². The van der Waals surface area contributed by atoms with Crippen LogP contribution in [0.5, 0.6) is 0 Å². The summed E-state index contributed by atoms with van der Waals surface area (Å²) in [5.74, 6) is 0.824. The van der Waals surface area contributed by atoms with Gasteiger partial charge in [0.2, 0.25) is 0 Å². The van der Waals surface area contributed by atoms with Gasteiger partial charge in [-0.15, -0.1) is 0 Å². The summed E-state index contributed by atoms with van der Waals surface area (Å²) in [6, 6.07) is 0.595. The standard InChI is InChI=1S/C17H34N2O/c1-15(2)12-17(6-4-5-7-17)14-18-16(3)13-19-8-10-20-11-9-19/h15-16,18H,4-14H2,1-3H3. The zero-order chi connectivity index (χ0) is 14.4. The zero-order valence-corrected chi connectivity index (χ0v) is 13.8. The summed E-state index contributed by atoms with van der Waals surface area (Å²) in [5, 5.41) is 3.84. The van der Waals surface area contributed by atoms with E-state index in [9.17, 15) is 0 Å². The first-order valence-electron chi connectivity index (χ1n) is 8.63. The second kappa shape index (κ2) is 7.77. The molecular formula is C17H34N2O. The van der Waals surface area contributed by atoms with Gasteiger partial charge in [0.15, 0.2) is 0 Å². The average molecular weight is 282 g/mol. The predicted octanol–water partition coefficient (Wildman–Crippen LogP) is 2.90. The van der Waals surface area contributed by atoms with Crippen LogP contribution in [0.1, 0.15) is 52.9 Å². The van der Waals surface area contributed by atoms with E-state index in [4.69, 9.17) is 4.74 Å². The van der Waals surface area contributed by atoms with Crippen molar-refractivity contribution >= 4 is 0 Å². The summed E-state index contributed by atoms with van der Waals surface area (Å²) in [7, 11) is 0. The van der Waals surface area contributed by atoms with Gasteiger partial charge in [-0.25, -0.2) is 0 Å². The fourth-order valence-electron chi connectivity index (χ4n) is 4.07. The van der Waals surface area contributed by atoms with Crippen LogP contribution in [0, 0.1) is 11.3 Å². The van der Waals surface area contributed by atoms with Crippen molar-refractivity contribution in [1.29, 1.82) is 0 Å². The largest absolute Gasteiger partial charge is 0.379 e. The Hall–Kier alpha value is -0.120. The molecule has 1 unspecified atom stereocenters. The fraction of sp³-hybridized carbons (Fsp3) is 1.00. The Morgan fingerprint density at radius 1 is 1.10 bits per heavy atom. The Kier molecular flexibility index (Phi) is 6.31. The first-order chi connectivity index (χ1) is 9.60. The van der Waals surface area contributed by atoms with E-state index in [1.54, 1.807) is 0 Å². The minimum atomic E-state index is 0.591. The number of nitrogens with one attached hydrogen (secondary N) is 1. The molecule has 1 atom stereocenters. The topological polar surface area (TPSA) is 24.5 Å². The van der Waals surface area contributed by atoms with Crippen LogP contribution in [-0.4, -0.2) is 50.3 Å². The van der Waals surface area contributed by atoms with Crippen molar-refractivity contribution in [2.75, 3.05) is 39.4 Å². The molecule has 0 bridgehead atoms. The number of nitrogens with zero attached hydrogens (tertiary/aromatic N) is 1. The first kappa shape index (κ1) is 16.3. The van der Waals surface area contributed by atoms with E-state index in [-0.39, 0.29) is 0 Å². The van der Waals surface area contributed by atoms with Crippen LogP contribution in [0.3, 0.4) is 0 Å². The highest BCUT2D eigenvalue weighted by Crippen LogP contribution is 2.42. The molecule has 20 heavy (non-hydrogen) atoms. The molecule has 1 aliphatic carbocycles. The molecule has 1 saturated carbocycles. The molecule has 1 aliphatic heterocycles. The molecule has 0 radical (unpaired) electrons. The highest BCUT2D eigenvalue weighted by molar-refractivity contribution is 4.88. The van der Waals surface area contributed by atoms with Gasteiger partial charge < -0.3 is 10.1 Å². The highest BCUT2D eigenvalue weighted by atomic mass is 16.5. The van der Waals surface area contributed by atoms with Crippen LogP contribution in [0.25, 0.3) is 0 Å². The van der Waals surface area contributed by atoms with Crippen LogP contribution in [-0.2, 0) is 4.74 Å². The average Bonchev–Trinajstić information content (AvgIpc) is 2.86. The van der Waals surface area contributed by atoms with E-state index in [1.807, 2.05) is 0 Å². The van der Waals surface area contributed by atoms with Crippen molar-refractivity contribution < 1.29 is 4.74 Å². The van der Waals surface area contributed by atoms with E-state index < -0.39 is 0 Å². The quantitative estimate of drug-likeness (QED) is 0.777. The van der Waals surface area contributed by atoms with Gasteiger partial charge in [0.25, 0.3) is 0 Å². The summed E-state index contributed by atoms with van der Waals surface area (Å²) < 4.78 is 5.42. The first-order valence-corrected chi connectivity index (χ1v) is 8.63. The minimum Gasteiger partial charge on any atom is -0.379 e. The smallest absolute Gasteiger partial charge is 0.0594 e. The fourth-order valence-corrected chi connectivity index (χ4v) is 4.07. The van der Waals surface area contributed by atoms with Crippen molar-refractivity contribution in [3.63, 3.8) is 0 Å². The molecule has 0 aromatic rings. The maximum atomic E-state index is 5.42. The maximum Gasteiger partial charge on any atom is 0.0594 e. The molecule has 2 fully saturated rings. The molecule has 0 spiro atoms. The number of rotatable bonds is 7. The van der Waals surface area contributed by atoms with Crippen molar-refractivity contribution in [2.24, 2.45) is 11.3 Å².